The van der Waals surface area contributed by atoms with E-state index in [-0.39, 0.29) is 38.6 Å². The van der Waals surface area contributed by atoms with Gasteiger partial charge >= 0.3 is 17.2 Å². The van der Waals surface area contributed by atoms with Gasteiger partial charge in [-0.25, -0.2) is 9.59 Å². The number of carbonyl (C=O) groups is 1. The van der Waals surface area contributed by atoms with Gasteiger partial charge in [-0.15, -0.1) is 42.0 Å². The number of nitrogens with two attached hydrogens (primary N) is 1. The van der Waals surface area contributed by atoms with Gasteiger partial charge in [0.15, 0.2) is 13.6 Å². The van der Waals surface area contributed by atoms with Crippen LogP contribution in [0.1, 0.15) is 25.3 Å². The van der Waals surface area contributed by atoms with Gasteiger partial charge in [-0.2, -0.15) is 0 Å². The van der Waals surface area contributed by atoms with E-state index in [4.69, 9.17) is 69.2 Å². The van der Waals surface area contributed by atoms with Crippen molar-refractivity contribution < 1.29 is 43.8 Å². The topological polar surface area (TPSA) is 170 Å². The Labute approximate surface area is 337 Å². The molecule has 2 heterocycles. The summed E-state index contributed by atoms with van der Waals surface area (Å²) in [5.74, 6) is 5.13. The summed E-state index contributed by atoms with van der Waals surface area (Å²) in [6.45, 7) is 0.220. The average Bonchev–Trinajstić information content (AvgIpc) is 3.12. The largest absolute Gasteiger partial charge is 0.466 e. The highest BCUT2D eigenvalue weighted by Gasteiger charge is 2.13. The lowest BCUT2D eigenvalue weighted by molar-refractivity contribution is -0.144. The molecular formula is C34H36Br2Cl2INO11. The number of aliphatic hydroxyl groups is 1. The minimum atomic E-state index is -0.544. The van der Waals surface area contributed by atoms with Crippen LogP contribution < -0.4 is 26.5 Å². The molecule has 0 saturated heterocycles. The van der Waals surface area contributed by atoms with E-state index in [0.29, 0.717) is 71.4 Å². The third kappa shape index (κ3) is 18.0. The summed E-state index contributed by atoms with van der Waals surface area (Å²) in [5.41, 5.74) is 5.48. The molecule has 0 aliphatic heterocycles. The number of carbonyl (C=O) groups excluding carboxylic acids is 1. The molecule has 0 amide bonds. The van der Waals surface area contributed by atoms with Crippen molar-refractivity contribution in [3.8, 4) is 36.2 Å². The SMILES string of the molecule is C#CCCC(=O)OCc1cc(=O)oc2cc(OCOC)c(Br)cc12.C#CCN.COCOc1cc2oc(=O)cc(CO)c2cc1Br.ClCCl.[2H]CI. The van der Waals surface area contributed by atoms with Crippen LogP contribution in [0.25, 0.3) is 21.9 Å². The Kier molecular flexibility index (Phi) is 26.0. The van der Waals surface area contributed by atoms with Gasteiger partial charge in [0.05, 0.1) is 33.9 Å². The summed E-state index contributed by atoms with van der Waals surface area (Å²) in [6, 6.07) is 9.18. The van der Waals surface area contributed by atoms with Crippen molar-refractivity contribution in [1.82, 2.24) is 0 Å². The van der Waals surface area contributed by atoms with Gasteiger partial charge in [0, 0.05) is 62.6 Å². The fourth-order valence-corrected chi connectivity index (χ4v) is 4.49. The van der Waals surface area contributed by atoms with E-state index in [9.17, 15) is 19.5 Å². The highest BCUT2D eigenvalue weighted by Crippen LogP contribution is 2.33. The zero-order chi connectivity index (χ0) is 39.5. The molecule has 17 heteroatoms. The Bertz CT molecular complexity index is 1880. The maximum atomic E-state index is 11.7. The van der Waals surface area contributed by atoms with Gasteiger partial charge in [-0.1, -0.05) is 28.5 Å². The second kappa shape index (κ2) is 28.7. The quantitative estimate of drug-likeness (QED) is 0.0392. The fourth-order valence-electron chi connectivity index (χ4n) is 3.58. The van der Waals surface area contributed by atoms with Crippen molar-refractivity contribution in [3.05, 3.63) is 77.3 Å². The molecule has 0 spiro atoms. The zero-order valence-corrected chi connectivity index (χ0v) is 34.3. The molecule has 3 N–H and O–H groups in total. The molecule has 4 aromatic rings. The average molecular weight is 993 g/mol. The number of terminal acetylenes is 2. The van der Waals surface area contributed by atoms with Gasteiger partial charge in [0.1, 0.15) is 29.3 Å². The molecule has 12 nitrogen and oxygen atoms in total. The smallest absolute Gasteiger partial charge is 0.336 e. The Morgan fingerprint density at radius 2 is 1.35 bits per heavy atom. The maximum Gasteiger partial charge on any atom is 0.336 e. The highest BCUT2D eigenvalue weighted by molar-refractivity contribution is 14.1. The van der Waals surface area contributed by atoms with Crippen molar-refractivity contribution in [2.24, 2.45) is 5.73 Å². The Hall–Kier alpha value is -2.84. The molecular weight excluding hydrogens is 956 g/mol. The first-order valence-electron chi connectivity index (χ1n) is 14.7. The first kappa shape index (κ1) is 46.2. The predicted octanol–water partition coefficient (Wildman–Crippen LogP) is 7.08. The first-order valence-corrected chi connectivity index (χ1v) is 18.2. The lowest BCUT2D eigenvalue weighted by atomic mass is 10.1. The summed E-state index contributed by atoms with van der Waals surface area (Å²) in [5, 5.41) is 10.7. The molecule has 278 valence electrons. The molecule has 0 radical (unpaired) electrons. The van der Waals surface area contributed by atoms with Crippen molar-refractivity contribution in [2.45, 2.75) is 26.1 Å². The third-order valence-electron chi connectivity index (χ3n) is 5.58. The Morgan fingerprint density at radius 1 is 0.922 bits per heavy atom. The van der Waals surface area contributed by atoms with Gasteiger partial charge in [0.25, 0.3) is 0 Å². The number of aliphatic hydroxyl groups excluding tert-OH is 1. The van der Waals surface area contributed by atoms with Crippen LogP contribution in [0.4, 0.5) is 0 Å². The molecule has 0 unspecified atom stereocenters. The number of fused-ring (bicyclic) bond motifs is 2. The van der Waals surface area contributed by atoms with Crippen molar-refractivity contribution in [1.29, 1.82) is 0 Å². The van der Waals surface area contributed by atoms with E-state index in [1.54, 1.807) is 24.3 Å². The fraction of sp³-hybridized carbons (Fsp3) is 0.324. The van der Waals surface area contributed by atoms with Crippen LogP contribution in [0.5, 0.6) is 11.5 Å². The second-order valence-electron chi connectivity index (χ2n) is 8.87. The third-order valence-corrected chi connectivity index (χ3v) is 6.82. The zero-order valence-electron chi connectivity index (χ0n) is 28.5. The van der Waals surface area contributed by atoms with Crippen molar-refractivity contribution >= 4 is 106 Å². The molecule has 0 aliphatic carbocycles. The van der Waals surface area contributed by atoms with Gasteiger partial charge in [-0.05, 0) is 54.5 Å². The molecule has 0 bridgehead atoms. The molecule has 2 aromatic carbocycles. The summed E-state index contributed by atoms with van der Waals surface area (Å²) in [6.07, 6.45) is 10.2. The lowest BCUT2D eigenvalue weighted by Crippen LogP contribution is -2.07. The van der Waals surface area contributed by atoms with Crippen LogP contribution in [0, 0.1) is 24.7 Å². The van der Waals surface area contributed by atoms with Crippen LogP contribution in [-0.2, 0) is 32.2 Å². The molecule has 2 aromatic heterocycles. The number of rotatable bonds is 11. The maximum absolute atomic E-state index is 11.7. The predicted molar refractivity (Wildman–Crippen MR) is 214 cm³/mol. The second-order valence-corrected chi connectivity index (χ2v) is 11.4. The van der Waals surface area contributed by atoms with Gasteiger partial charge in [-0.3, -0.25) is 4.79 Å². The van der Waals surface area contributed by atoms with Crippen LogP contribution >= 0.6 is 77.7 Å². The van der Waals surface area contributed by atoms with E-state index in [1.807, 2.05) is 22.6 Å². The van der Waals surface area contributed by atoms with Crippen LogP contribution in [0.15, 0.2) is 63.8 Å². The molecule has 0 atom stereocenters. The molecule has 51 heavy (non-hydrogen) atoms. The van der Waals surface area contributed by atoms with Crippen LogP contribution in [-0.4, -0.2) is 55.7 Å². The first-order chi connectivity index (χ1) is 24.9. The Balaban J connectivity index is 0.000000814. The molecule has 4 rings (SSSR count). The van der Waals surface area contributed by atoms with Gasteiger partial charge in [0.2, 0.25) is 0 Å². The number of hydrogen-bond donors (Lipinski definition) is 2. The number of halogens is 5. The van der Waals surface area contributed by atoms with E-state index in [1.165, 1.54) is 26.4 Å². The lowest BCUT2D eigenvalue weighted by Gasteiger charge is -2.10. The normalized spacial score (nSPS) is 9.82. The summed E-state index contributed by atoms with van der Waals surface area (Å²) in [4.78, 5) is 35.1. The molecule has 0 saturated carbocycles. The monoisotopic (exact) mass is 990 g/mol. The standard InChI is InChI=1S/C17H15BrO6.C12H11BrO5.C3H5N.CH2Cl2.CH3I/c1-3-4-5-16(19)22-9-11-6-17(20)24-14-8-15(23-10-21-2)13(18)7-12(11)14;1-16-6-17-11-4-10-8(3-9(11)13)7(5-14)2-12(15)18-10;1-2-3-4;2-1-3;1-2/h1,6-8H,4-5,9-10H2,2H3;2-4,14H,5-6H2,1H3;1H,3-4H2;1H2;1H3/i;;;;1D. The number of alkyl halides is 3. The Morgan fingerprint density at radius 3 is 1.75 bits per heavy atom. The minimum absolute atomic E-state index is 0.0454. The number of hydrogen-bond acceptors (Lipinski definition) is 12. The van der Waals surface area contributed by atoms with E-state index in [0.717, 1.165) is 0 Å². The number of methoxy groups -OCH3 is 2. The minimum Gasteiger partial charge on any atom is -0.466 e. The highest BCUT2D eigenvalue weighted by atomic mass is 127. The van der Waals surface area contributed by atoms with Crippen molar-refractivity contribution in [2.75, 3.05) is 44.6 Å². The van der Waals surface area contributed by atoms with Crippen LogP contribution in [0.3, 0.4) is 0 Å². The molecule has 0 aliphatic rings. The number of ether oxygens (including phenoxy) is 5. The summed E-state index contributed by atoms with van der Waals surface area (Å²) >= 11 is 18.2. The van der Waals surface area contributed by atoms with E-state index in [2.05, 4.69) is 50.1 Å². The van der Waals surface area contributed by atoms with Crippen molar-refractivity contribution in [3.63, 3.8) is 0 Å². The molecule has 0 fully saturated rings. The van der Waals surface area contributed by atoms with E-state index < -0.39 is 17.2 Å². The van der Waals surface area contributed by atoms with Crippen LogP contribution in [0.2, 0.25) is 0 Å². The number of esters is 1. The summed E-state index contributed by atoms with van der Waals surface area (Å²) < 4.78 is 43.3. The number of benzene rings is 2. The summed E-state index contributed by atoms with van der Waals surface area (Å²) in [7, 11) is 3.01. The van der Waals surface area contributed by atoms with E-state index >= 15 is 0 Å². The van der Waals surface area contributed by atoms with Gasteiger partial charge < -0.3 is 43.4 Å².